The van der Waals surface area contributed by atoms with Gasteiger partial charge < -0.3 is 5.73 Å². The van der Waals surface area contributed by atoms with E-state index in [0.717, 1.165) is 12.8 Å². The van der Waals surface area contributed by atoms with Crippen LogP contribution in [0.5, 0.6) is 0 Å². The molecule has 17 heavy (non-hydrogen) atoms. The molecule has 0 aromatic heterocycles. The summed E-state index contributed by atoms with van der Waals surface area (Å²) in [6.45, 7) is 4.68. The van der Waals surface area contributed by atoms with Gasteiger partial charge in [-0.25, -0.2) is 0 Å². The van der Waals surface area contributed by atoms with Crippen molar-refractivity contribution in [1.82, 2.24) is 4.90 Å². The Kier molecular flexibility index (Phi) is 4.77. The quantitative estimate of drug-likeness (QED) is 0.798. The molecule has 3 unspecified atom stereocenters. The van der Waals surface area contributed by atoms with Gasteiger partial charge in [0.2, 0.25) is 0 Å². The number of halogens is 3. The maximum absolute atomic E-state index is 12.7. The van der Waals surface area contributed by atoms with Crippen molar-refractivity contribution < 1.29 is 13.2 Å². The van der Waals surface area contributed by atoms with E-state index in [1.807, 2.05) is 11.8 Å². The highest BCUT2D eigenvalue weighted by molar-refractivity contribution is 7.80. The van der Waals surface area contributed by atoms with Gasteiger partial charge in [-0.2, -0.15) is 13.2 Å². The van der Waals surface area contributed by atoms with Crippen molar-refractivity contribution >= 4 is 17.2 Å². The van der Waals surface area contributed by atoms with Crippen molar-refractivity contribution in [2.24, 2.45) is 17.6 Å². The first-order chi connectivity index (χ1) is 7.71. The fraction of sp³-hybridized carbons (Fsp3) is 0.909. The first-order valence-electron chi connectivity index (χ1n) is 5.82. The van der Waals surface area contributed by atoms with Crippen LogP contribution in [0.15, 0.2) is 0 Å². The van der Waals surface area contributed by atoms with E-state index in [0.29, 0.717) is 12.5 Å². The van der Waals surface area contributed by atoms with Gasteiger partial charge in [0.05, 0.1) is 4.99 Å². The third-order valence-electron chi connectivity index (χ3n) is 3.43. The number of rotatable bonds is 3. The zero-order valence-corrected chi connectivity index (χ0v) is 10.9. The van der Waals surface area contributed by atoms with Crippen molar-refractivity contribution in [1.29, 1.82) is 0 Å². The largest absolute Gasteiger partial charge is 0.399 e. The number of hydrogen-bond donors (Lipinski definition) is 1. The number of nitrogens with two attached hydrogens (primary N) is 1. The SMILES string of the molecule is CC1CCN(CC(C(N)=S)C(F)(F)F)C(C)C1. The van der Waals surface area contributed by atoms with Gasteiger partial charge in [0, 0.05) is 12.6 Å². The van der Waals surface area contributed by atoms with Gasteiger partial charge in [-0.05, 0) is 32.2 Å². The van der Waals surface area contributed by atoms with Gasteiger partial charge in [-0.3, -0.25) is 4.90 Å². The lowest BCUT2D eigenvalue weighted by Gasteiger charge is -2.38. The molecule has 1 aliphatic heterocycles. The molecule has 1 saturated heterocycles. The molecule has 2 N–H and O–H groups in total. The molecule has 1 fully saturated rings. The summed E-state index contributed by atoms with van der Waals surface area (Å²) in [5.74, 6) is -1.11. The highest BCUT2D eigenvalue weighted by Crippen LogP contribution is 2.30. The van der Waals surface area contributed by atoms with Crippen molar-refractivity contribution in [2.45, 2.75) is 38.9 Å². The molecule has 0 aromatic carbocycles. The van der Waals surface area contributed by atoms with Crippen LogP contribution < -0.4 is 5.73 Å². The van der Waals surface area contributed by atoms with Crippen LogP contribution in [0.25, 0.3) is 0 Å². The van der Waals surface area contributed by atoms with E-state index in [4.69, 9.17) is 5.73 Å². The Hall–Kier alpha value is -0.360. The van der Waals surface area contributed by atoms with Gasteiger partial charge >= 0.3 is 6.18 Å². The molecular weight excluding hydrogens is 249 g/mol. The maximum atomic E-state index is 12.7. The first-order valence-corrected chi connectivity index (χ1v) is 6.22. The Bertz CT molecular complexity index is 280. The third kappa shape index (κ3) is 4.10. The number of nitrogens with zero attached hydrogens (tertiary/aromatic N) is 1. The fourth-order valence-electron chi connectivity index (χ4n) is 2.32. The molecule has 0 saturated carbocycles. The average molecular weight is 268 g/mol. The minimum absolute atomic E-state index is 0.104. The molecule has 3 atom stereocenters. The monoisotopic (exact) mass is 268 g/mol. The lowest BCUT2D eigenvalue weighted by Crippen LogP contribution is -2.48. The minimum atomic E-state index is -4.34. The summed E-state index contributed by atoms with van der Waals surface area (Å²) in [6, 6.07) is 0.165. The third-order valence-corrected chi connectivity index (χ3v) is 3.72. The summed E-state index contributed by atoms with van der Waals surface area (Å²) in [6.07, 6.45) is -2.47. The maximum Gasteiger partial charge on any atom is 0.399 e. The van der Waals surface area contributed by atoms with Crippen LogP contribution in [-0.4, -0.2) is 35.2 Å². The fourth-order valence-corrected chi connectivity index (χ4v) is 2.52. The molecular formula is C11H19F3N2S. The lowest BCUT2D eigenvalue weighted by atomic mass is 9.92. The second-order valence-electron chi connectivity index (χ2n) is 4.97. The summed E-state index contributed by atoms with van der Waals surface area (Å²) in [5.41, 5.74) is 5.20. The van der Waals surface area contributed by atoms with E-state index in [2.05, 4.69) is 19.1 Å². The summed E-state index contributed by atoms with van der Waals surface area (Å²) in [5, 5.41) is 0. The van der Waals surface area contributed by atoms with Crippen molar-refractivity contribution in [3.05, 3.63) is 0 Å². The average Bonchev–Trinajstić information content (AvgIpc) is 2.13. The van der Waals surface area contributed by atoms with Gasteiger partial charge in [0.1, 0.15) is 5.92 Å². The molecule has 1 aliphatic rings. The van der Waals surface area contributed by atoms with Crippen LogP contribution in [0.3, 0.4) is 0 Å². The van der Waals surface area contributed by atoms with E-state index in [1.54, 1.807) is 0 Å². The van der Waals surface area contributed by atoms with Gasteiger partial charge in [-0.15, -0.1) is 0 Å². The number of hydrogen-bond acceptors (Lipinski definition) is 2. The lowest BCUT2D eigenvalue weighted by molar-refractivity contribution is -0.161. The number of thiocarbonyl (C=S) groups is 1. The van der Waals surface area contributed by atoms with Crippen molar-refractivity contribution in [2.75, 3.05) is 13.1 Å². The van der Waals surface area contributed by atoms with Crippen LogP contribution in [0.4, 0.5) is 13.2 Å². The van der Waals surface area contributed by atoms with Crippen LogP contribution in [-0.2, 0) is 0 Å². The molecule has 100 valence electrons. The van der Waals surface area contributed by atoms with Gasteiger partial charge in [0.15, 0.2) is 0 Å². The molecule has 6 heteroatoms. The van der Waals surface area contributed by atoms with E-state index >= 15 is 0 Å². The Morgan fingerprint density at radius 3 is 2.47 bits per heavy atom. The molecule has 0 spiro atoms. The zero-order valence-electron chi connectivity index (χ0n) is 10.1. The topological polar surface area (TPSA) is 29.3 Å². The van der Waals surface area contributed by atoms with E-state index in [1.165, 1.54) is 0 Å². The van der Waals surface area contributed by atoms with Gasteiger partial charge in [-0.1, -0.05) is 19.1 Å². The number of likely N-dealkylation sites (tertiary alicyclic amines) is 1. The predicted molar refractivity (Wildman–Crippen MR) is 65.8 cm³/mol. The molecule has 0 aliphatic carbocycles. The normalized spacial score (nSPS) is 29.0. The Labute approximate surface area is 105 Å². The summed E-state index contributed by atoms with van der Waals surface area (Å²) < 4.78 is 38.2. The highest BCUT2D eigenvalue weighted by atomic mass is 32.1. The van der Waals surface area contributed by atoms with Crippen LogP contribution in [0.2, 0.25) is 0 Å². The molecule has 1 heterocycles. The summed E-state index contributed by atoms with van der Waals surface area (Å²) in [4.78, 5) is 1.39. The Morgan fingerprint density at radius 1 is 1.47 bits per heavy atom. The molecule has 0 amide bonds. The Balaban J connectivity index is 2.65. The van der Waals surface area contributed by atoms with Crippen molar-refractivity contribution in [3.63, 3.8) is 0 Å². The van der Waals surface area contributed by atoms with Crippen LogP contribution in [0.1, 0.15) is 26.7 Å². The molecule has 0 radical (unpaired) electrons. The molecule has 0 bridgehead atoms. The van der Waals surface area contributed by atoms with Gasteiger partial charge in [0.25, 0.3) is 0 Å². The second-order valence-corrected chi connectivity index (χ2v) is 5.44. The van der Waals surface area contributed by atoms with Crippen LogP contribution in [0, 0.1) is 11.8 Å². The molecule has 2 nitrogen and oxygen atoms in total. The molecule has 0 aromatic rings. The van der Waals surface area contributed by atoms with Crippen LogP contribution >= 0.6 is 12.2 Å². The highest BCUT2D eigenvalue weighted by Gasteiger charge is 2.43. The summed E-state index contributed by atoms with van der Waals surface area (Å²) in [7, 11) is 0. The van der Waals surface area contributed by atoms with E-state index in [-0.39, 0.29) is 12.6 Å². The zero-order chi connectivity index (χ0) is 13.2. The summed E-state index contributed by atoms with van der Waals surface area (Å²) >= 11 is 4.53. The van der Waals surface area contributed by atoms with E-state index < -0.39 is 17.1 Å². The van der Waals surface area contributed by atoms with E-state index in [9.17, 15) is 13.2 Å². The number of alkyl halides is 3. The standard InChI is InChI=1S/C11H19F3N2S/c1-7-3-4-16(8(2)5-7)6-9(10(15)17)11(12,13)14/h7-9H,3-6H2,1-2H3,(H2,15,17). The first kappa shape index (κ1) is 14.7. The Morgan fingerprint density at radius 2 is 2.06 bits per heavy atom. The molecule has 1 rings (SSSR count). The minimum Gasteiger partial charge on any atom is -0.393 e. The second kappa shape index (κ2) is 5.52. The predicted octanol–water partition coefficient (Wildman–Crippen LogP) is 2.57. The van der Waals surface area contributed by atoms with Crippen molar-refractivity contribution in [3.8, 4) is 0 Å². The smallest absolute Gasteiger partial charge is 0.393 e. The number of piperidine rings is 1.